The average molecular weight is 216 g/mol. The molecule has 0 spiro atoms. The molecule has 1 rings (SSSR count). The van der Waals surface area contributed by atoms with Crippen LogP contribution < -0.4 is 0 Å². The third-order valence-electron chi connectivity index (χ3n) is 1.37. The van der Waals surface area contributed by atoms with Crippen molar-refractivity contribution in [3.63, 3.8) is 0 Å². The molecule has 0 radical (unpaired) electrons. The highest BCUT2D eigenvalue weighted by Gasteiger charge is 1.98. The number of methoxy groups -OCH3 is 1. The standard InChI is InChI=1S/C8H10BrNO/c1-6-3-7(5-11-2)8(9)4-10-6/h3-4H,5H2,1-2H3. The second-order valence-corrected chi connectivity index (χ2v) is 3.20. The van der Waals surface area contributed by atoms with E-state index in [9.17, 15) is 0 Å². The second-order valence-electron chi connectivity index (χ2n) is 2.35. The van der Waals surface area contributed by atoms with Crippen LogP contribution in [0.1, 0.15) is 11.3 Å². The van der Waals surface area contributed by atoms with Gasteiger partial charge in [0.1, 0.15) is 0 Å². The van der Waals surface area contributed by atoms with E-state index in [0.717, 1.165) is 15.7 Å². The third-order valence-corrected chi connectivity index (χ3v) is 2.09. The van der Waals surface area contributed by atoms with E-state index < -0.39 is 0 Å². The number of ether oxygens (including phenoxy) is 1. The molecule has 0 bridgehead atoms. The van der Waals surface area contributed by atoms with Crippen molar-refractivity contribution in [3.8, 4) is 0 Å². The van der Waals surface area contributed by atoms with E-state index in [0.29, 0.717) is 6.61 Å². The summed E-state index contributed by atoms with van der Waals surface area (Å²) < 4.78 is 6.01. The normalized spacial score (nSPS) is 10.1. The molecule has 0 fully saturated rings. The van der Waals surface area contributed by atoms with E-state index in [-0.39, 0.29) is 0 Å². The highest BCUT2D eigenvalue weighted by atomic mass is 79.9. The number of aromatic nitrogens is 1. The Balaban J connectivity index is 2.93. The van der Waals surface area contributed by atoms with E-state index in [1.165, 1.54) is 0 Å². The molecule has 2 nitrogen and oxygen atoms in total. The van der Waals surface area contributed by atoms with Gasteiger partial charge in [-0.05, 0) is 34.5 Å². The van der Waals surface area contributed by atoms with E-state index >= 15 is 0 Å². The first-order valence-corrected chi connectivity index (χ1v) is 4.13. The summed E-state index contributed by atoms with van der Waals surface area (Å²) in [5.41, 5.74) is 2.15. The smallest absolute Gasteiger partial charge is 0.0725 e. The minimum Gasteiger partial charge on any atom is -0.380 e. The Morgan fingerprint density at radius 1 is 1.64 bits per heavy atom. The molecule has 11 heavy (non-hydrogen) atoms. The van der Waals surface area contributed by atoms with Crippen LogP contribution in [-0.2, 0) is 11.3 Å². The van der Waals surface area contributed by atoms with Crippen molar-refractivity contribution in [3.05, 3.63) is 28.0 Å². The fourth-order valence-corrected chi connectivity index (χ4v) is 1.20. The summed E-state index contributed by atoms with van der Waals surface area (Å²) in [4.78, 5) is 4.12. The van der Waals surface area contributed by atoms with Crippen LogP contribution in [0.3, 0.4) is 0 Å². The highest BCUT2D eigenvalue weighted by Crippen LogP contribution is 2.16. The zero-order valence-corrected chi connectivity index (χ0v) is 8.18. The highest BCUT2D eigenvalue weighted by molar-refractivity contribution is 9.10. The van der Waals surface area contributed by atoms with Gasteiger partial charge in [0, 0.05) is 23.5 Å². The predicted molar refractivity (Wildman–Crippen MR) is 47.4 cm³/mol. The van der Waals surface area contributed by atoms with Gasteiger partial charge in [-0.1, -0.05) is 0 Å². The molecular formula is C8H10BrNO. The first kappa shape index (κ1) is 8.68. The summed E-state index contributed by atoms with van der Waals surface area (Å²) in [5.74, 6) is 0. The van der Waals surface area contributed by atoms with Gasteiger partial charge in [0.15, 0.2) is 0 Å². The molecule has 1 aromatic rings. The van der Waals surface area contributed by atoms with Crippen molar-refractivity contribution in [2.75, 3.05) is 7.11 Å². The number of aryl methyl sites for hydroxylation is 1. The Morgan fingerprint density at radius 3 is 3.00 bits per heavy atom. The van der Waals surface area contributed by atoms with Crippen molar-refractivity contribution >= 4 is 15.9 Å². The molecule has 1 aromatic heterocycles. The van der Waals surface area contributed by atoms with Gasteiger partial charge in [0.05, 0.1) is 6.61 Å². The summed E-state index contributed by atoms with van der Waals surface area (Å²) in [5, 5.41) is 0. The van der Waals surface area contributed by atoms with Crippen molar-refractivity contribution in [1.82, 2.24) is 4.98 Å². The van der Waals surface area contributed by atoms with Crippen molar-refractivity contribution in [2.24, 2.45) is 0 Å². The maximum Gasteiger partial charge on any atom is 0.0725 e. The molecule has 0 aromatic carbocycles. The van der Waals surface area contributed by atoms with Crippen LogP contribution in [0.25, 0.3) is 0 Å². The number of nitrogens with zero attached hydrogens (tertiary/aromatic N) is 1. The average Bonchev–Trinajstić information content (AvgIpc) is 1.98. The first-order chi connectivity index (χ1) is 5.24. The number of halogens is 1. The SMILES string of the molecule is COCc1cc(C)ncc1Br. The second kappa shape index (κ2) is 3.83. The Kier molecular flexibility index (Phi) is 3.02. The zero-order valence-electron chi connectivity index (χ0n) is 6.60. The zero-order chi connectivity index (χ0) is 8.27. The number of hydrogen-bond donors (Lipinski definition) is 0. The summed E-state index contributed by atoms with van der Waals surface area (Å²) >= 11 is 3.39. The lowest BCUT2D eigenvalue weighted by molar-refractivity contribution is 0.184. The molecular weight excluding hydrogens is 206 g/mol. The molecule has 0 aliphatic heterocycles. The van der Waals surface area contributed by atoms with E-state index in [1.807, 2.05) is 13.0 Å². The third kappa shape index (κ3) is 2.27. The fourth-order valence-electron chi connectivity index (χ4n) is 0.866. The molecule has 0 atom stereocenters. The fraction of sp³-hybridized carbons (Fsp3) is 0.375. The lowest BCUT2D eigenvalue weighted by Crippen LogP contribution is -1.91. The van der Waals surface area contributed by atoms with Crippen LogP contribution in [0.4, 0.5) is 0 Å². The van der Waals surface area contributed by atoms with Crippen molar-refractivity contribution in [2.45, 2.75) is 13.5 Å². The molecule has 0 saturated heterocycles. The van der Waals surface area contributed by atoms with Gasteiger partial charge in [-0.25, -0.2) is 0 Å². The minimum absolute atomic E-state index is 0.629. The molecule has 0 aliphatic rings. The number of hydrogen-bond acceptors (Lipinski definition) is 2. The lowest BCUT2D eigenvalue weighted by Gasteiger charge is -2.02. The lowest BCUT2D eigenvalue weighted by atomic mass is 10.2. The van der Waals surface area contributed by atoms with Gasteiger partial charge in [0.2, 0.25) is 0 Å². The number of pyridine rings is 1. The molecule has 0 aliphatic carbocycles. The quantitative estimate of drug-likeness (QED) is 0.756. The van der Waals surface area contributed by atoms with Crippen LogP contribution in [0.2, 0.25) is 0 Å². The maximum atomic E-state index is 5.01. The number of rotatable bonds is 2. The van der Waals surface area contributed by atoms with Crippen LogP contribution >= 0.6 is 15.9 Å². The summed E-state index contributed by atoms with van der Waals surface area (Å²) in [7, 11) is 1.68. The molecule has 0 unspecified atom stereocenters. The maximum absolute atomic E-state index is 5.01. The molecule has 0 N–H and O–H groups in total. The Bertz CT molecular complexity index is 250. The Morgan fingerprint density at radius 2 is 2.36 bits per heavy atom. The van der Waals surface area contributed by atoms with Crippen LogP contribution in [0, 0.1) is 6.92 Å². The van der Waals surface area contributed by atoms with Gasteiger partial charge in [-0.3, -0.25) is 4.98 Å². The van der Waals surface area contributed by atoms with E-state index in [1.54, 1.807) is 13.3 Å². The van der Waals surface area contributed by atoms with E-state index in [2.05, 4.69) is 20.9 Å². The summed E-state index contributed by atoms with van der Waals surface area (Å²) in [6.45, 7) is 2.59. The first-order valence-electron chi connectivity index (χ1n) is 3.34. The molecule has 1 heterocycles. The van der Waals surface area contributed by atoms with Gasteiger partial charge >= 0.3 is 0 Å². The Labute approximate surface area is 74.7 Å². The van der Waals surface area contributed by atoms with Gasteiger partial charge in [0.25, 0.3) is 0 Å². The van der Waals surface area contributed by atoms with Crippen LogP contribution in [-0.4, -0.2) is 12.1 Å². The molecule has 3 heteroatoms. The van der Waals surface area contributed by atoms with Gasteiger partial charge < -0.3 is 4.74 Å². The predicted octanol–water partition coefficient (Wildman–Crippen LogP) is 2.30. The topological polar surface area (TPSA) is 22.1 Å². The molecule has 60 valence electrons. The monoisotopic (exact) mass is 215 g/mol. The Hall–Kier alpha value is -0.410. The van der Waals surface area contributed by atoms with Crippen molar-refractivity contribution < 1.29 is 4.74 Å². The molecule has 0 saturated carbocycles. The minimum atomic E-state index is 0.629. The van der Waals surface area contributed by atoms with Gasteiger partial charge in [-0.2, -0.15) is 0 Å². The molecule has 0 amide bonds. The van der Waals surface area contributed by atoms with Crippen LogP contribution in [0.5, 0.6) is 0 Å². The van der Waals surface area contributed by atoms with Crippen LogP contribution in [0.15, 0.2) is 16.7 Å². The van der Waals surface area contributed by atoms with Crippen molar-refractivity contribution in [1.29, 1.82) is 0 Å². The largest absolute Gasteiger partial charge is 0.380 e. The summed E-state index contributed by atoms with van der Waals surface area (Å²) in [6, 6.07) is 2.01. The van der Waals surface area contributed by atoms with Gasteiger partial charge in [-0.15, -0.1) is 0 Å². The summed E-state index contributed by atoms with van der Waals surface area (Å²) in [6.07, 6.45) is 1.80. The van der Waals surface area contributed by atoms with E-state index in [4.69, 9.17) is 4.74 Å².